The van der Waals surface area contributed by atoms with Gasteiger partial charge in [0.1, 0.15) is 0 Å². The van der Waals surface area contributed by atoms with E-state index in [0.717, 1.165) is 55.4 Å². The summed E-state index contributed by atoms with van der Waals surface area (Å²) in [7, 11) is 0. The fraction of sp³-hybridized carbons (Fsp3) is 0.435. The van der Waals surface area contributed by atoms with E-state index in [1.54, 1.807) is 0 Å². The Bertz CT molecular complexity index is 1120. The van der Waals surface area contributed by atoms with Crippen LogP contribution < -0.4 is 5.69 Å². The molecule has 0 radical (unpaired) electrons. The number of piperidine rings is 1. The van der Waals surface area contributed by atoms with Crippen LogP contribution in [0.3, 0.4) is 0 Å². The average molecular weight is 415 g/mol. The highest BCUT2D eigenvalue weighted by Gasteiger charge is 2.38. The van der Waals surface area contributed by atoms with Gasteiger partial charge >= 0.3 is 11.9 Å². The van der Waals surface area contributed by atoms with Gasteiger partial charge in [-0.2, -0.15) is 13.2 Å². The molecule has 0 saturated carbocycles. The van der Waals surface area contributed by atoms with Crippen molar-refractivity contribution in [3.05, 3.63) is 69.6 Å². The number of aromatic nitrogens is 2. The molecule has 3 aromatic rings. The van der Waals surface area contributed by atoms with Crippen molar-refractivity contribution in [2.75, 3.05) is 13.1 Å². The third-order valence-corrected chi connectivity index (χ3v) is 6.71. The van der Waals surface area contributed by atoms with Crippen molar-refractivity contribution in [2.45, 2.75) is 50.4 Å². The Morgan fingerprint density at radius 2 is 1.73 bits per heavy atom. The van der Waals surface area contributed by atoms with Crippen LogP contribution in [0.2, 0.25) is 0 Å². The molecule has 158 valence electrons. The van der Waals surface area contributed by atoms with Crippen LogP contribution in [0.15, 0.2) is 47.3 Å². The van der Waals surface area contributed by atoms with Gasteiger partial charge in [-0.3, -0.25) is 9.47 Å². The summed E-state index contributed by atoms with van der Waals surface area (Å²) in [5, 5.41) is 0. The van der Waals surface area contributed by atoms with Gasteiger partial charge in [-0.15, -0.1) is 0 Å². The fourth-order valence-corrected chi connectivity index (χ4v) is 5.36. The highest BCUT2D eigenvalue weighted by Crippen LogP contribution is 2.42. The van der Waals surface area contributed by atoms with E-state index in [1.165, 1.54) is 12.1 Å². The van der Waals surface area contributed by atoms with E-state index in [4.69, 9.17) is 0 Å². The maximum absolute atomic E-state index is 13.5. The van der Waals surface area contributed by atoms with Gasteiger partial charge in [0.15, 0.2) is 0 Å². The van der Waals surface area contributed by atoms with Gasteiger partial charge < -0.3 is 4.98 Å². The van der Waals surface area contributed by atoms with Gasteiger partial charge in [0.05, 0.1) is 16.6 Å². The molecule has 1 aliphatic carbocycles. The standard InChI is InChI=1S/C23H24F3N3O/c24-23(25,26)18-7-3-6-17-16(18)5-4-10-20(17)28-13-11-15(12-14-28)29-21-9-2-1-8-19(21)27-22(29)30/h1-3,6-9,15,20H,4-5,10-14H2,(H,27,30). The van der Waals surface area contributed by atoms with Crippen molar-refractivity contribution in [1.29, 1.82) is 0 Å². The first-order chi connectivity index (χ1) is 14.4. The molecular weight excluding hydrogens is 391 g/mol. The number of nitrogens with one attached hydrogen (secondary N) is 1. The summed E-state index contributed by atoms with van der Waals surface area (Å²) < 4.78 is 42.3. The van der Waals surface area contributed by atoms with Gasteiger partial charge in [0.25, 0.3) is 0 Å². The Hall–Kier alpha value is -2.54. The first kappa shape index (κ1) is 19.4. The number of para-hydroxylation sites is 2. The maximum atomic E-state index is 13.5. The predicted molar refractivity (Wildman–Crippen MR) is 110 cm³/mol. The van der Waals surface area contributed by atoms with Gasteiger partial charge in [0.2, 0.25) is 0 Å². The zero-order valence-corrected chi connectivity index (χ0v) is 16.6. The lowest BCUT2D eigenvalue weighted by Crippen LogP contribution is -2.40. The second-order valence-corrected chi connectivity index (χ2v) is 8.36. The Kier molecular flexibility index (Phi) is 4.73. The van der Waals surface area contributed by atoms with E-state index in [1.807, 2.05) is 34.9 Å². The Morgan fingerprint density at radius 1 is 0.967 bits per heavy atom. The minimum Gasteiger partial charge on any atom is -0.306 e. The number of likely N-dealkylation sites (tertiary alicyclic amines) is 1. The minimum atomic E-state index is -4.31. The van der Waals surface area contributed by atoms with Crippen LogP contribution >= 0.6 is 0 Å². The number of benzene rings is 2. The topological polar surface area (TPSA) is 41.0 Å². The molecule has 2 aliphatic rings. The summed E-state index contributed by atoms with van der Waals surface area (Å²) in [6, 6.07) is 12.4. The van der Waals surface area contributed by atoms with Crippen molar-refractivity contribution >= 4 is 11.0 Å². The van der Waals surface area contributed by atoms with E-state index in [0.29, 0.717) is 12.0 Å². The zero-order valence-electron chi connectivity index (χ0n) is 16.6. The molecule has 1 fully saturated rings. The molecule has 0 amide bonds. The molecule has 1 N–H and O–H groups in total. The first-order valence-corrected chi connectivity index (χ1v) is 10.6. The molecule has 7 heteroatoms. The van der Waals surface area contributed by atoms with Crippen molar-refractivity contribution in [3.63, 3.8) is 0 Å². The predicted octanol–water partition coefficient (Wildman–Crippen LogP) is 5.06. The molecule has 2 aromatic carbocycles. The largest absolute Gasteiger partial charge is 0.416 e. The Morgan fingerprint density at radius 3 is 2.50 bits per heavy atom. The average Bonchev–Trinajstić information content (AvgIpc) is 3.08. The molecule has 30 heavy (non-hydrogen) atoms. The van der Waals surface area contributed by atoms with Gasteiger partial charge in [-0.05, 0) is 61.4 Å². The number of hydrogen-bond donors (Lipinski definition) is 1. The van der Waals surface area contributed by atoms with Crippen molar-refractivity contribution < 1.29 is 13.2 Å². The summed E-state index contributed by atoms with van der Waals surface area (Å²) in [6.45, 7) is 1.55. The van der Waals surface area contributed by atoms with Crippen LogP contribution in [-0.2, 0) is 12.6 Å². The molecular formula is C23H24F3N3O. The number of halogens is 3. The number of alkyl halides is 3. The van der Waals surface area contributed by atoms with Crippen LogP contribution in [0.1, 0.15) is 54.5 Å². The molecule has 1 aliphatic heterocycles. The first-order valence-electron chi connectivity index (χ1n) is 10.6. The summed E-state index contributed by atoms with van der Waals surface area (Å²) in [5.41, 5.74) is 2.48. The number of H-pyrrole nitrogens is 1. The number of aromatic amines is 1. The van der Waals surface area contributed by atoms with Crippen molar-refractivity contribution in [1.82, 2.24) is 14.5 Å². The second-order valence-electron chi connectivity index (χ2n) is 8.36. The Labute approximate surface area is 172 Å². The van der Waals surface area contributed by atoms with E-state index < -0.39 is 11.7 Å². The lowest BCUT2D eigenvalue weighted by atomic mass is 9.83. The molecule has 0 bridgehead atoms. The monoisotopic (exact) mass is 415 g/mol. The van der Waals surface area contributed by atoms with Crippen LogP contribution in [0.25, 0.3) is 11.0 Å². The van der Waals surface area contributed by atoms with Crippen molar-refractivity contribution in [3.8, 4) is 0 Å². The van der Waals surface area contributed by atoms with Gasteiger partial charge in [0, 0.05) is 25.2 Å². The van der Waals surface area contributed by atoms with Gasteiger partial charge in [-0.1, -0.05) is 24.3 Å². The molecule has 5 rings (SSSR count). The quantitative estimate of drug-likeness (QED) is 0.635. The minimum absolute atomic E-state index is 0.0247. The van der Waals surface area contributed by atoms with E-state index in [9.17, 15) is 18.0 Å². The van der Waals surface area contributed by atoms with E-state index in [-0.39, 0.29) is 17.8 Å². The normalized spacial score (nSPS) is 21.1. The van der Waals surface area contributed by atoms with E-state index >= 15 is 0 Å². The molecule has 0 spiro atoms. The fourth-order valence-electron chi connectivity index (χ4n) is 5.36. The van der Waals surface area contributed by atoms with Gasteiger partial charge in [-0.25, -0.2) is 4.79 Å². The number of fused-ring (bicyclic) bond motifs is 2. The summed E-state index contributed by atoms with van der Waals surface area (Å²) >= 11 is 0. The smallest absolute Gasteiger partial charge is 0.306 e. The number of hydrogen-bond acceptors (Lipinski definition) is 2. The SMILES string of the molecule is O=c1[nH]c2ccccc2n1C1CCN(C2CCCc3c2cccc3C(F)(F)F)CC1. The van der Waals surface area contributed by atoms with Crippen LogP contribution in [0.4, 0.5) is 13.2 Å². The lowest BCUT2D eigenvalue weighted by Gasteiger charge is -2.41. The number of nitrogens with zero attached hydrogens (tertiary/aromatic N) is 2. The molecule has 4 nitrogen and oxygen atoms in total. The van der Waals surface area contributed by atoms with Crippen LogP contribution in [0, 0.1) is 0 Å². The van der Waals surface area contributed by atoms with E-state index in [2.05, 4.69) is 9.88 Å². The molecule has 1 aromatic heterocycles. The second kappa shape index (κ2) is 7.30. The zero-order chi connectivity index (χ0) is 20.9. The van der Waals surface area contributed by atoms with Crippen LogP contribution in [0.5, 0.6) is 0 Å². The van der Waals surface area contributed by atoms with Crippen LogP contribution in [-0.4, -0.2) is 27.5 Å². The molecule has 1 atom stereocenters. The summed E-state index contributed by atoms with van der Waals surface area (Å²) in [6.07, 6.45) is -0.544. The highest BCUT2D eigenvalue weighted by molar-refractivity contribution is 5.75. The number of rotatable bonds is 2. The summed E-state index contributed by atoms with van der Waals surface area (Å²) in [4.78, 5) is 17.7. The molecule has 1 unspecified atom stereocenters. The molecule has 1 saturated heterocycles. The third kappa shape index (κ3) is 3.25. The lowest BCUT2D eigenvalue weighted by molar-refractivity contribution is -0.138. The Balaban J connectivity index is 1.38. The highest BCUT2D eigenvalue weighted by atomic mass is 19.4. The van der Waals surface area contributed by atoms with Crippen molar-refractivity contribution in [2.24, 2.45) is 0 Å². The maximum Gasteiger partial charge on any atom is 0.416 e. The molecule has 2 heterocycles. The third-order valence-electron chi connectivity index (χ3n) is 6.71. The summed E-state index contributed by atoms with van der Waals surface area (Å²) in [5.74, 6) is 0. The number of imidazole rings is 1.